The first-order chi connectivity index (χ1) is 44.5. The Morgan fingerprint density at radius 2 is 0.854 bits per heavy atom. The van der Waals surface area contributed by atoms with Gasteiger partial charge in [0, 0.05) is 25.3 Å². The van der Waals surface area contributed by atoms with Crippen LogP contribution in [0.4, 0.5) is 0 Å². The van der Waals surface area contributed by atoms with Gasteiger partial charge < -0.3 is 35.9 Å². The Hall–Kier alpha value is -9.25. The largest absolute Gasteiger partial charge is 1.00 e. The Labute approximate surface area is 580 Å². The van der Waals surface area contributed by atoms with Crippen molar-refractivity contribution in [3.63, 3.8) is 0 Å². The van der Waals surface area contributed by atoms with Crippen LogP contribution in [-0.2, 0) is 37.7 Å². The minimum Gasteiger partial charge on any atom is -1.00 e. The van der Waals surface area contributed by atoms with E-state index in [9.17, 15) is 28.8 Å². The quantitative estimate of drug-likeness (QED) is 0.0546. The van der Waals surface area contributed by atoms with Crippen LogP contribution in [0.25, 0.3) is 67.1 Å². The summed E-state index contributed by atoms with van der Waals surface area (Å²) in [5.74, 6) is -0.540. The van der Waals surface area contributed by atoms with Gasteiger partial charge in [0.2, 0.25) is 0 Å². The average molecular weight is 1310 g/mol. The van der Waals surface area contributed by atoms with Gasteiger partial charge in [0.1, 0.15) is 27.8 Å². The summed E-state index contributed by atoms with van der Waals surface area (Å²) < 4.78 is 15.8. The van der Waals surface area contributed by atoms with Crippen LogP contribution in [0.15, 0.2) is 171 Å². The molecule has 5 N–H and O–H groups in total. The zero-order valence-electron chi connectivity index (χ0n) is 57.5. The number of carbonyl (C=O) groups is 2. The molecule has 0 bridgehead atoms. The van der Waals surface area contributed by atoms with Crippen molar-refractivity contribution < 1.29 is 44.5 Å². The molecule has 8 aromatic heterocycles. The first-order valence-electron chi connectivity index (χ1n) is 31.2. The third-order valence-electron chi connectivity index (χ3n) is 15.7. The van der Waals surface area contributed by atoms with Crippen LogP contribution in [0.1, 0.15) is 153 Å². The van der Waals surface area contributed by atoms with Gasteiger partial charge in [-0.2, -0.15) is 20.4 Å². The zero-order valence-corrected chi connectivity index (χ0v) is 56.5. The smallest absolute Gasteiger partial charge is 1.00 e. The molecule has 0 atom stereocenters. The number of nitrogens with one attached hydrogen (secondary N) is 4. The van der Waals surface area contributed by atoms with Gasteiger partial charge in [-0.3, -0.25) is 24.0 Å². The molecular weight excluding hydrogens is 1220 g/mol. The molecule has 0 aliphatic carbocycles. The second kappa shape index (κ2) is 31.1. The summed E-state index contributed by atoms with van der Waals surface area (Å²) in [4.78, 5) is 82.5. The van der Waals surface area contributed by atoms with Gasteiger partial charge in [-0.15, -0.1) is 0 Å². The van der Waals surface area contributed by atoms with E-state index in [1.807, 2.05) is 66.9 Å². The summed E-state index contributed by atoms with van der Waals surface area (Å²) in [6.07, 6.45) is 11.8. The predicted octanol–water partition coefficient (Wildman–Crippen LogP) is 8.16. The monoisotopic (exact) mass is 1310 g/mol. The second-order valence-electron chi connectivity index (χ2n) is 27.0. The van der Waals surface area contributed by atoms with Crippen molar-refractivity contribution in [3.05, 3.63) is 233 Å². The number of H-pyrrole nitrogens is 4. The number of ether oxygens (including phenoxy) is 2. The molecule has 12 aromatic rings. The molecule has 96 heavy (non-hydrogen) atoms. The van der Waals surface area contributed by atoms with Crippen molar-refractivity contribution in [3.8, 4) is 45.0 Å². The van der Waals surface area contributed by atoms with E-state index < -0.39 is 5.97 Å². The van der Waals surface area contributed by atoms with Crippen LogP contribution in [0.3, 0.4) is 0 Å². The molecule has 0 spiro atoms. The molecule has 9 heterocycles. The minimum absolute atomic E-state index is 0. The molecular formula is C73H86AlLiN12O9. The molecule has 21 nitrogen and oxygen atoms in total. The topological polar surface area (TPSA) is 273 Å². The number of aldehydes is 1. The summed E-state index contributed by atoms with van der Waals surface area (Å²) in [5, 5.41) is 25.7. The van der Waals surface area contributed by atoms with Crippen molar-refractivity contribution in [2.45, 2.75) is 131 Å². The minimum atomic E-state index is -0.540. The third-order valence-corrected chi connectivity index (χ3v) is 15.7. The molecule has 496 valence electrons. The number of esters is 1. The van der Waals surface area contributed by atoms with Crippen molar-refractivity contribution in [1.82, 2.24) is 58.4 Å². The van der Waals surface area contributed by atoms with Crippen LogP contribution >= 0.6 is 0 Å². The molecule has 1 fully saturated rings. The fourth-order valence-electron chi connectivity index (χ4n) is 10.2. The Kier molecular flexibility index (Phi) is 24.0. The fraction of sp³-hybridized carbons (Fsp3) is 0.315. The van der Waals surface area contributed by atoms with Gasteiger partial charge in [-0.1, -0.05) is 180 Å². The fourth-order valence-corrected chi connectivity index (χ4v) is 10.2. The maximum atomic E-state index is 12.3. The van der Waals surface area contributed by atoms with Crippen molar-refractivity contribution in [1.29, 1.82) is 0 Å². The van der Waals surface area contributed by atoms with Crippen LogP contribution in [-0.4, -0.2) is 113 Å². The summed E-state index contributed by atoms with van der Waals surface area (Å²) in [6.45, 7) is 29.7. The number of fused-ring (bicyclic) bond motifs is 4. The number of hydrogen-bond donors (Lipinski definition) is 5. The van der Waals surface area contributed by atoms with Gasteiger partial charge in [-0.25, -0.2) is 22.9 Å². The Bertz CT molecular complexity index is 4870. The Balaban J connectivity index is 0.000000197. The standard InChI is InChI=1S/C19H21N3O3.C17H19N3O2.C17H17N3O2.C16H17N3O.C4H8O.Al.Li.4H/c1-5-25-18(24)14-10-16-17(23)20-15(11-22(16)21-14)12-6-8-13(9-7-12)19(2,3)4;2*1-17(2,3)12-6-4-11(5-7-12)14-9-20-15(16(22)18-14)8-13(10-21)19-20;1-16(2,3)12-6-4-11(5-7-12)13-10-19-14(8-9-17-19)15(20)18-13;1-2-4-5-3-1;;;;;;/h6-11H,5H2,1-4H3,(H,20,23);4-9,21H,10H2,1-3H3,(H,18,22);4-10H,1-3H3,(H,18,22);4-10H,1-3H3,(H,18,20);1-4H2;;;;;;/q;;;;;;+1;;;;-1. The second-order valence-corrected chi connectivity index (χ2v) is 27.0. The molecule has 0 unspecified atom stereocenters. The van der Waals surface area contributed by atoms with Crippen molar-refractivity contribution >= 4 is 51.7 Å². The zero-order chi connectivity index (χ0) is 67.9. The third kappa shape index (κ3) is 18.2. The predicted molar refractivity (Wildman–Crippen MR) is 378 cm³/mol. The molecule has 1 aliphatic rings. The summed E-state index contributed by atoms with van der Waals surface area (Å²) >= 11 is 0. The average Bonchev–Trinajstić information content (AvgIpc) is 1.73. The van der Waals surface area contributed by atoms with E-state index in [-0.39, 0.29) is 106 Å². The van der Waals surface area contributed by atoms with E-state index in [1.54, 1.807) is 48.4 Å². The Morgan fingerprint density at radius 3 is 1.20 bits per heavy atom. The molecule has 23 heteroatoms. The summed E-state index contributed by atoms with van der Waals surface area (Å²) in [6, 6.07) is 38.7. The van der Waals surface area contributed by atoms with E-state index in [0.717, 1.165) is 41.2 Å². The summed E-state index contributed by atoms with van der Waals surface area (Å²) in [5.41, 5.74) is 13.3. The van der Waals surface area contributed by atoms with Crippen LogP contribution in [0.5, 0.6) is 0 Å². The van der Waals surface area contributed by atoms with Gasteiger partial charge in [0.25, 0.3) is 22.2 Å². The van der Waals surface area contributed by atoms with E-state index in [1.165, 1.54) is 60.8 Å². The van der Waals surface area contributed by atoms with Crippen LogP contribution in [0.2, 0.25) is 0 Å². The number of nitrogens with zero attached hydrogens (tertiary/aromatic N) is 8. The number of aliphatic hydroxyl groups is 1. The molecule has 4 aromatic carbocycles. The van der Waals surface area contributed by atoms with Gasteiger partial charge in [0.15, 0.2) is 29.3 Å². The van der Waals surface area contributed by atoms with E-state index in [0.29, 0.717) is 51.1 Å². The Morgan fingerprint density at radius 1 is 0.510 bits per heavy atom. The SMILES string of the molecule is C1CCOC1.CC(C)(C)c1ccc(-c2cn3nc(C=O)cc3c(=O)[nH]2)cc1.CC(C)(C)c1ccc(-c2cn3nc(CO)cc3c(=O)[nH]2)cc1.CC(C)(C)c1ccc(-c2cn3nccc3c(=O)[nH]2)cc1.CCOC(=O)c1cc2c(=O)[nH]c(-c3ccc(C(C)(C)C)cc3)cn2n1.[AlH3].[H-].[Li+]. The maximum Gasteiger partial charge on any atom is 1.00 e. The van der Waals surface area contributed by atoms with Gasteiger partial charge >= 0.3 is 24.8 Å². The number of carbonyl (C=O) groups excluding carboxylic acids is 2. The summed E-state index contributed by atoms with van der Waals surface area (Å²) in [7, 11) is 0. The number of aromatic amines is 4. The number of aliphatic hydroxyl groups excluding tert-OH is 1. The maximum absolute atomic E-state index is 12.3. The van der Waals surface area contributed by atoms with Gasteiger partial charge in [-0.05, 0) is 98.1 Å². The van der Waals surface area contributed by atoms with Crippen LogP contribution in [0, 0.1) is 0 Å². The number of rotatable bonds is 8. The molecule has 1 aliphatic heterocycles. The first kappa shape index (κ1) is 74.1. The molecule has 0 saturated carbocycles. The molecule has 0 amide bonds. The van der Waals surface area contributed by atoms with E-state index in [4.69, 9.17) is 14.6 Å². The van der Waals surface area contributed by atoms with E-state index in [2.05, 4.69) is 160 Å². The van der Waals surface area contributed by atoms with Crippen molar-refractivity contribution in [2.24, 2.45) is 0 Å². The van der Waals surface area contributed by atoms with Gasteiger partial charge in [0.05, 0.1) is 72.7 Å². The molecule has 1 saturated heterocycles. The molecule has 13 rings (SSSR count). The number of aromatic nitrogens is 12. The van der Waals surface area contributed by atoms with Crippen LogP contribution < -0.4 is 41.1 Å². The number of hydrogen-bond acceptors (Lipinski definition) is 13. The van der Waals surface area contributed by atoms with E-state index >= 15 is 0 Å². The number of benzene rings is 4. The molecule has 0 radical (unpaired) electrons. The normalized spacial score (nSPS) is 12.2. The van der Waals surface area contributed by atoms with Crippen molar-refractivity contribution in [2.75, 3.05) is 19.8 Å². The first-order valence-corrected chi connectivity index (χ1v) is 31.2.